The Labute approximate surface area is 151 Å². The number of nitrogens with one attached hydrogen (secondary N) is 1. The van der Waals surface area contributed by atoms with Gasteiger partial charge >= 0.3 is 5.97 Å². The maximum atomic E-state index is 12.8. The van der Waals surface area contributed by atoms with Crippen molar-refractivity contribution in [1.82, 2.24) is 0 Å². The molecular formula is C18H24N2O4S. The van der Waals surface area contributed by atoms with Crippen LogP contribution in [-0.2, 0) is 16.0 Å². The van der Waals surface area contributed by atoms with Gasteiger partial charge in [-0.2, -0.15) is 0 Å². The van der Waals surface area contributed by atoms with Crippen molar-refractivity contribution in [3.05, 3.63) is 27.2 Å². The summed E-state index contributed by atoms with van der Waals surface area (Å²) in [6.45, 7) is 7.63. The number of hydrogen-bond donors (Lipinski definition) is 3. The molecule has 136 valence electrons. The van der Waals surface area contributed by atoms with Crippen LogP contribution in [0.3, 0.4) is 0 Å². The average Bonchev–Trinajstić information content (AvgIpc) is 2.84. The van der Waals surface area contributed by atoms with Crippen molar-refractivity contribution >= 4 is 34.1 Å². The van der Waals surface area contributed by atoms with Gasteiger partial charge in [0.2, 0.25) is 5.91 Å². The van der Waals surface area contributed by atoms with Gasteiger partial charge in [-0.1, -0.05) is 18.1 Å². The molecule has 1 aromatic heterocycles. The summed E-state index contributed by atoms with van der Waals surface area (Å²) in [6.07, 6.45) is 1.41. The Morgan fingerprint density at radius 1 is 1.16 bits per heavy atom. The number of primary amides is 1. The number of thiophene rings is 1. The van der Waals surface area contributed by atoms with E-state index in [-0.39, 0.29) is 5.91 Å². The number of hydrogen-bond acceptors (Lipinski definition) is 4. The molecule has 0 aromatic carbocycles. The molecule has 0 bridgehead atoms. The van der Waals surface area contributed by atoms with Gasteiger partial charge < -0.3 is 16.2 Å². The van der Waals surface area contributed by atoms with Crippen LogP contribution in [-0.4, -0.2) is 22.9 Å². The number of carbonyl (C=O) groups is 3. The van der Waals surface area contributed by atoms with Gasteiger partial charge in [-0.05, 0) is 45.6 Å². The molecule has 1 aliphatic rings. The first-order chi connectivity index (χ1) is 11.7. The molecule has 0 saturated heterocycles. The van der Waals surface area contributed by atoms with Crippen LogP contribution in [0.25, 0.3) is 0 Å². The highest BCUT2D eigenvalue weighted by atomic mass is 32.1. The van der Waals surface area contributed by atoms with Crippen molar-refractivity contribution in [3.8, 4) is 0 Å². The average molecular weight is 364 g/mol. The molecule has 0 saturated carbocycles. The first-order valence-electron chi connectivity index (χ1n) is 8.28. The van der Waals surface area contributed by atoms with E-state index in [1.54, 1.807) is 0 Å². The van der Waals surface area contributed by atoms with Gasteiger partial charge in [0.15, 0.2) is 0 Å². The second kappa shape index (κ2) is 7.39. The highest BCUT2D eigenvalue weighted by Crippen LogP contribution is 2.37. The first kappa shape index (κ1) is 19.2. The summed E-state index contributed by atoms with van der Waals surface area (Å²) in [6, 6.07) is 0. The molecule has 6 nitrogen and oxygen atoms in total. The van der Waals surface area contributed by atoms with E-state index in [0.717, 1.165) is 21.6 Å². The quantitative estimate of drug-likeness (QED) is 0.697. The third-order valence-electron chi connectivity index (χ3n) is 4.97. The zero-order valence-corrected chi connectivity index (χ0v) is 15.8. The Kier molecular flexibility index (Phi) is 5.67. The van der Waals surface area contributed by atoms with Gasteiger partial charge in [0.25, 0.3) is 5.91 Å². The number of allylic oxidation sites excluding steroid dienone is 2. The van der Waals surface area contributed by atoms with Crippen LogP contribution in [0.1, 0.15) is 54.4 Å². The summed E-state index contributed by atoms with van der Waals surface area (Å²) in [4.78, 5) is 37.1. The predicted octanol–water partition coefficient (Wildman–Crippen LogP) is 3.10. The number of carboxylic acids is 1. The van der Waals surface area contributed by atoms with Crippen LogP contribution in [0.4, 0.5) is 5.00 Å². The van der Waals surface area contributed by atoms with Crippen molar-refractivity contribution < 1.29 is 19.5 Å². The molecule has 0 radical (unpaired) electrons. The fraction of sp³-hybridized carbons (Fsp3) is 0.500. The molecule has 25 heavy (non-hydrogen) atoms. The lowest BCUT2D eigenvalue weighted by atomic mass is 9.76. The number of aryl methyl sites for hydroxylation is 1. The first-order valence-corrected chi connectivity index (χ1v) is 9.09. The van der Waals surface area contributed by atoms with Crippen LogP contribution in [0.15, 0.2) is 11.1 Å². The van der Waals surface area contributed by atoms with E-state index in [4.69, 9.17) is 5.73 Å². The van der Waals surface area contributed by atoms with Crippen molar-refractivity contribution in [1.29, 1.82) is 0 Å². The Hall–Kier alpha value is -2.15. The smallest absolute Gasteiger partial charge is 0.307 e. The van der Waals surface area contributed by atoms with Crippen LogP contribution in [0.2, 0.25) is 0 Å². The van der Waals surface area contributed by atoms with Crippen molar-refractivity contribution in [2.24, 2.45) is 17.6 Å². The summed E-state index contributed by atoms with van der Waals surface area (Å²) in [5, 5.41) is 12.7. The van der Waals surface area contributed by atoms with Gasteiger partial charge in [-0.25, -0.2) is 0 Å². The maximum Gasteiger partial charge on any atom is 0.307 e. The number of amides is 2. The highest BCUT2D eigenvalue weighted by molar-refractivity contribution is 7.16. The molecule has 1 aliphatic carbocycles. The van der Waals surface area contributed by atoms with Crippen molar-refractivity contribution in [3.63, 3.8) is 0 Å². The zero-order valence-electron chi connectivity index (χ0n) is 14.9. The van der Waals surface area contributed by atoms with E-state index < -0.39 is 23.7 Å². The summed E-state index contributed by atoms with van der Waals surface area (Å²) < 4.78 is 0. The van der Waals surface area contributed by atoms with Crippen LogP contribution >= 0.6 is 11.3 Å². The van der Waals surface area contributed by atoms with Gasteiger partial charge in [0.1, 0.15) is 5.00 Å². The van der Waals surface area contributed by atoms with Gasteiger partial charge in [0, 0.05) is 4.88 Å². The van der Waals surface area contributed by atoms with E-state index in [9.17, 15) is 19.5 Å². The Morgan fingerprint density at radius 2 is 1.72 bits per heavy atom. The largest absolute Gasteiger partial charge is 0.481 e. The molecular weight excluding hydrogens is 340 g/mol. The van der Waals surface area contributed by atoms with E-state index in [0.29, 0.717) is 29.8 Å². The fourth-order valence-electron chi connectivity index (χ4n) is 3.39. The molecule has 2 rings (SSSR count). The number of anilines is 1. The van der Waals surface area contributed by atoms with E-state index in [1.165, 1.54) is 11.3 Å². The fourth-order valence-corrected chi connectivity index (χ4v) is 4.54. The molecule has 1 aromatic rings. The Morgan fingerprint density at radius 3 is 2.20 bits per heavy atom. The van der Waals surface area contributed by atoms with Crippen molar-refractivity contribution in [2.75, 3.05) is 5.32 Å². The molecule has 7 heteroatoms. The van der Waals surface area contributed by atoms with Gasteiger partial charge in [-0.15, -0.1) is 11.3 Å². The van der Waals surface area contributed by atoms with Gasteiger partial charge in [-0.3, -0.25) is 14.4 Å². The second-order valence-corrected chi connectivity index (χ2v) is 7.79. The minimum Gasteiger partial charge on any atom is -0.481 e. The molecule has 0 fully saturated rings. The molecule has 2 atom stereocenters. The number of aliphatic carboxylic acids is 1. The number of rotatable bonds is 5. The standard InChI is InChI=1S/C18H24N2O4S/c1-5-11-10(4)25-17(14(11)15(19)21)20-16(22)12-6-8(2)9(3)7-13(12)18(23)24/h12-13H,5-7H2,1-4H3,(H2,19,21)(H,20,22)(H,23,24)/t12-,13-/m1/s1. The Balaban J connectivity index is 2.33. The van der Waals surface area contributed by atoms with E-state index >= 15 is 0 Å². The normalized spacial score (nSPS) is 20.5. The lowest BCUT2D eigenvalue weighted by Gasteiger charge is -2.29. The van der Waals surface area contributed by atoms with Crippen LogP contribution < -0.4 is 11.1 Å². The molecule has 0 spiro atoms. The number of nitrogens with two attached hydrogens (primary N) is 1. The predicted molar refractivity (Wildman–Crippen MR) is 97.8 cm³/mol. The number of carbonyl (C=O) groups excluding carboxylic acids is 2. The minimum absolute atomic E-state index is 0.337. The molecule has 2 amide bonds. The zero-order chi connectivity index (χ0) is 18.9. The minimum atomic E-state index is -0.973. The van der Waals surface area contributed by atoms with Crippen LogP contribution in [0.5, 0.6) is 0 Å². The molecule has 4 N–H and O–H groups in total. The summed E-state index contributed by atoms with van der Waals surface area (Å²) in [5.74, 6) is -3.34. The summed E-state index contributed by atoms with van der Waals surface area (Å²) in [5.41, 5.74) is 8.73. The molecule has 0 aliphatic heterocycles. The monoisotopic (exact) mass is 364 g/mol. The number of carboxylic acid groups (broad SMARTS) is 1. The third kappa shape index (κ3) is 3.76. The Bertz CT molecular complexity index is 763. The summed E-state index contributed by atoms with van der Waals surface area (Å²) in [7, 11) is 0. The molecule has 0 unspecified atom stereocenters. The maximum absolute atomic E-state index is 12.8. The lowest BCUT2D eigenvalue weighted by Crippen LogP contribution is -2.36. The summed E-state index contributed by atoms with van der Waals surface area (Å²) >= 11 is 1.30. The molecule has 1 heterocycles. The van der Waals surface area contributed by atoms with Crippen molar-refractivity contribution in [2.45, 2.75) is 47.0 Å². The second-order valence-electron chi connectivity index (χ2n) is 6.57. The van der Waals surface area contributed by atoms with Crippen LogP contribution in [0, 0.1) is 18.8 Å². The van der Waals surface area contributed by atoms with Gasteiger partial charge in [0.05, 0.1) is 17.4 Å². The van der Waals surface area contributed by atoms with E-state index in [1.807, 2.05) is 27.7 Å². The third-order valence-corrected chi connectivity index (χ3v) is 6.03. The lowest BCUT2D eigenvalue weighted by molar-refractivity contribution is -0.146. The topological polar surface area (TPSA) is 109 Å². The van der Waals surface area contributed by atoms with E-state index in [2.05, 4.69) is 5.32 Å². The SMILES string of the molecule is CCc1c(C)sc(NC(=O)[C@@H]2CC(C)=C(C)C[C@H]2C(=O)O)c1C(N)=O. The highest BCUT2D eigenvalue weighted by Gasteiger charge is 2.38.